The molecule has 18 heavy (non-hydrogen) atoms. The molecular formula is C11H7BrF3NO2. The molecule has 2 aromatic heterocycles. The lowest BCUT2D eigenvalue weighted by molar-refractivity contribution is -0.139. The van der Waals surface area contributed by atoms with Crippen molar-refractivity contribution in [2.24, 2.45) is 0 Å². The fraction of sp³-hybridized carbons (Fsp3) is 0.182. The van der Waals surface area contributed by atoms with Gasteiger partial charge in [0.05, 0.1) is 16.3 Å². The highest BCUT2D eigenvalue weighted by atomic mass is 79.9. The number of pyridine rings is 1. The third-order valence-electron chi connectivity index (χ3n) is 2.34. The highest BCUT2D eigenvalue weighted by Crippen LogP contribution is 2.37. The number of rotatable bonds is 2. The summed E-state index contributed by atoms with van der Waals surface area (Å²) in [7, 11) is 0. The summed E-state index contributed by atoms with van der Waals surface area (Å²) in [5, 5.41) is 9.94. The van der Waals surface area contributed by atoms with Gasteiger partial charge in [0.15, 0.2) is 5.76 Å². The Balaban J connectivity index is 2.49. The maximum atomic E-state index is 12.8. The van der Waals surface area contributed by atoms with Crippen molar-refractivity contribution in [1.82, 2.24) is 4.98 Å². The van der Waals surface area contributed by atoms with E-state index in [2.05, 4.69) is 20.9 Å². The van der Waals surface area contributed by atoms with E-state index in [1.807, 2.05) is 0 Å². The third-order valence-corrected chi connectivity index (χ3v) is 3.00. The molecule has 0 saturated carbocycles. The van der Waals surface area contributed by atoms with Crippen LogP contribution in [-0.2, 0) is 6.18 Å². The van der Waals surface area contributed by atoms with Crippen LogP contribution >= 0.6 is 15.9 Å². The van der Waals surface area contributed by atoms with Crippen LogP contribution in [0, 0.1) is 0 Å². The molecule has 0 bridgehead atoms. The number of halogens is 4. The van der Waals surface area contributed by atoms with Crippen LogP contribution in [-0.4, -0.2) is 10.1 Å². The van der Waals surface area contributed by atoms with Crippen molar-refractivity contribution >= 4 is 15.9 Å². The molecule has 0 fully saturated rings. The molecule has 7 heteroatoms. The molecule has 1 atom stereocenters. The number of hydrogen-bond acceptors (Lipinski definition) is 3. The van der Waals surface area contributed by atoms with Gasteiger partial charge < -0.3 is 9.52 Å². The summed E-state index contributed by atoms with van der Waals surface area (Å²) in [4.78, 5) is 3.60. The van der Waals surface area contributed by atoms with Crippen molar-refractivity contribution in [2.45, 2.75) is 12.3 Å². The second-order valence-corrected chi connectivity index (χ2v) is 4.35. The lowest BCUT2D eigenvalue weighted by atomic mass is 10.0. The van der Waals surface area contributed by atoms with Crippen LogP contribution in [0.1, 0.15) is 23.0 Å². The van der Waals surface area contributed by atoms with E-state index < -0.39 is 17.8 Å². The minimum atomic E-state index is -4.56. The smallest absolute Gasteiger partial charge is 0.416 e. The van der Waals surface area contributed by atoms with E-state index in [0.29, 0.717) is 4.47 Å². The van der Waals surface area contributed by atoms with Crippen LogP contribution in [0.4, 0.5) is 13.2 Å². The van der Waals surface area contributed by atoms with Gasteiger partial charge in [-0.05, 0) is 28.1 Å². The number of nitrogens with zero attached hydrogens (tertiary/aromatic N) is 1. The Kier molecular flexibility index (Phi) is 3.45. The summed E-state index contributed by atoms with van der Waals surface area (Å²) >= 11 is 3.08. The molecule has 3 nitrogen and oxygen atoms in total. The summed E-state index contributed by atoms with van der Waals surface area (Å²) in [6, 6.07) is 2.30. The molecule has 0 aliphatic carbocycles. The minimum Gasteiger partial charge on any atom is -0.465 e. The first kappa shape index (κ1) is 13.1. The summed E-state index contributed by atoms with van der Waals surface area (Å²) in [5.41, 5.74) is -1.28. The zero-order valence-electron chi connectivity index (χ0n) is 8.78. The molecule has 0 aliphatic heterocycles. The number of hydrogen-bond donors (Lipinski definition) is 1. The fourth-order valence-corrected chi connectivity index (χ4v) is 1.94. The quantitative estimate of drug-likeness (QED) is 0.920. The van der Waals surface area contributed by atoms with E-state index in [1.54, 1.807) is 0 Å². The second-order valence-electron chi connectivity index (χ2n) is 3.50. The van der Waals surface area contributed by atoms with E-state index in [1.165, 1.54) is 12.3 Å². The Morgan fingerprint density at radius 1 is 1.33 bits per heavy atom. The van der Waals surface area contributed by atoms with Gasteiger partial charge in [-0.25, -0.2) is 0 Å². The molecule has 0 amide bonds. The molecule has 0 saturated heterocycles. The maximum absolute atomic E-state index is 12.8. The summed E-state index contributed by atoms with van der Waals surface area (Å²) < 4.78 is 43.7. The zero-order valence-corrected chi connectivity index (χ0v) is 10.4. The Hall–Kier alpha value is -1.34. The molecule has 2 rings (SSSR count). The highest BCUT2D eigenvalue weighted by Gasteiger charge is 2.36. The molecule has 96 valence electrons. The van der Waals surface area contributed by atoms with Gasteiger partial charge in [0, 0.05) is 18.0 Å². The monoisotopic (exact) mass is 321 g/mol. The van der Waals surface area contributed by atoms with Crippen molar-refractivity contribution in [2.75, 3.05) is 0 Å². The molecule has 1 unspecified atom stereocenters. The lowest BCUT2D eigenvalue weighted by Gasteiger charge is -2.15. The van der Waals surface area contributed by atoms with E-state index in [4.69, 9.17) is 4.42 Å². The van der Waals surface area contributed by atoms with E-state index in [0.717, 1.165) is 18.5 Å². The standard InChI is InChI=1S/C11H7BrF3NO2/c12-8-2-4-18-10(8)9(17)6-5-16-3-1-7(6)11(13,14)15/h1-5,9,17H. The molecule has 0 aliphatic rings. The van der Waals surface area contributed by atoms with Gasteiger partial charge in [-0.2, -0.15) is 13.2 Å². The number of aliphatic hydroxyl groups is 1. The highest BCUT2D eigenvalue weighted by molar-refractivity contribution is 9.10. The van der Waals surface area contributed by atoms with Gasteiger partial charge in [-0.3, -0.25) is 4.98 Å². The molecular weight excluding hydrogens is 315 g/mol. The average molecular weight is 322 g/mol. The predicted octanol–water partition coefficient (Wildman–Crippen LogP) is 3.54. The van der Waals surface area contributed by atoms with Crippen molar-refractivity contribution in [3.8, 4) is 0 Å². The SMILES string of the molecule is OC(c1cnccc1C(F)(F)F)c1occc1Br. The number of aliphatic hydroxyl groups excluding tert-OH is 1. The van der Waals surface area contributed by atoms with Gasteiger partial charge in [0.2, 0.25) is 0 Å². The van der Waals surface area contributed by atoms with Crippen molar-refractivity contribution in [1.29, 1.82) is 0 Å². The molecule has 2 heterocycles. The average Bonchev–Trinajstić information content (AvgIpc) is 2.73. The Morgan fingerprint density at radius 2 is 2.06 bits per heavy atom. The largest absolute Gasteiger partial charge is 0.465 e. The van der Waals surface area contributed by atoms with Crippen molar-refractivity contribution in [3.05, 3.63) is 52.1 Å². The summed E-state index contributed by atoms with van der Waals surface area (Å²) in [6.07, 6.45) is -2.82. The third kappa shape index (κ3) is 2.41. The topological polar surface area (TPSA) is 46.3 Å². The second kappa shape index (κ2) is 4.74. The number of furan rings is 1. The predicted molar refractivity (Wildman–Crippen MR) is 59.7 cm³/mol. The Bertz CT molecular complexity index is 553. The van der Waals surface area contributed by atoms with Crippen LogP contribution in [0.5, 0.6) is 0 Å². The number of aromatic nitrogens is 1. The van der Waals surface area contributed by atoms with Gasteiger partial charge in [0.1, 0.15) is 6.10 Å². The van der Waals surface area contributed by atoms with Crippen LogP contribution in [0.15, 0.2) is 39.7 Å². The first-order chi connectivity index (χ1) is 8.41. The number of alkyl halides is 3. The van der Waals surface area contributed by atoms with Gasteiger partial charge in [0.25, 0.3) is 0 Å². The summed E-state index contributed by atoms with van der Waals surface area (Å²) in [6.45, 7) is 0. The molecule has 2 aromatic rings. The Labute approximate surface area is 108 Å². The van der Waals surface area contributed by atoms with Crippen LogP contribution in [0.2, 0.25) is 0 Å². The molecule has 0 radical (unpaired) electrons. The van der Waals surface area contributed by atoms with Crippen LogP contribution in [0.25, 0.3) is 0 Å². The van der Waals surface area contributed by atoms with Crippen LogP contribution in [0.3, 0.4) is 0 Å². The first-order valence-corrected chi connectivity index (χ1v) is 5.62. The maximum Gasteiger partial charge on any atom is 0.416 e. The summed E-state index contributed by atoms with van der Waals surface area (Å²) in [5.74, 6) is 0.00787. The molecule has 1 N–H and O–H groups in total. The molecule has 0 spiro atoms. The lowest BCUT2D eigenvalue weighted by Crippen LogP contribution is -2.13. The van der Waals surface area contributed by atoms with Crippen molar-refractivity contribution in [3.63, 3.8) is 0 Å². The first-order valence-electron chi connectivity index (χ1n) is 4.83. The van der Waals surface area contributed by atoms with Crippen molar-refractivity contribution < 1.29 is 22.7 Å². The van der Waals surface area contributed by atoms with Gasteiger partial charge in [-0.1, -0.05) is 0 Å². The van der Waals surface area contributed by atoms with E-state index >= 15 is 0 Å². The Morgan fingerprint density at radius 3 is 2.61 bits per heavy atom. The zero-order chi connectivity index (χ0) is 13.3. The van der Waals surface area contributed by atoms with Gasteiger partial charge in [-0.15, -0.1) is 0 Å². The van der Waals surface area contributed by atoms with E-state index in [-0.39, 0.29) is 11.3 Å². The van der Waals surface area contributed by atoms with E-state index in [9.17, 15) is 18.3 Å². The van der Waals surface area contributed by atoms with Crippen LogP contribution < -0.4 is 0 Å². The minimum absolute atomic E-state index is 0.00787. The normalized spacial score (nSPS) is 13.6. The fourth-order valence-electron chi connectivity index (χ4n) is 1.52. The molecule has 0 aromatic carbocycles. The van der Waals surface area contributed by atoms with Gasteiger partial charge >= 0.3 is 6.18 Å².